The minimum atomic E-state index is -0.806. The zero-order valence-corrected chi connectivity index (χ0v) is 22.0. The SMILES string of the molecule is CNC(C)C(=O)N[C@H]1CCCC[C@H]2CC[C@@H](C(=O)NCc3cccc(NC(=O)C4CCOC4=O)c3)N2C1=O. The molecule has 4 rings (SSSR count). The van der Waals surface area contributed by atoms with Gasteiger partial charge in [-0.15, -0.1) is 0 Å². The summed E-state index contributed by atoms with van der Waals surface area (Å²) in [6.45, 7) is 2.20. The number of fused-ring (bicyclic) bond motifs is 1. The summed E-state index contributed by atoms with van der Waals surface area (Å²) in [5.74, 6) is -2.40. The van der Waals surface area contributed by atoms with E-state index >= 15 is 0 Å². The molecule has 206 valence electrons. The number of rotatable bonds is 8. The lowest BCUT2D eigenvalue weighted by molar-refractivity contribution is -0.144. The van der Waals surface area contributed by atoms with Gasteiger partial charge in [-0.1, -0.05) is 25.0 Å². The molecule has 4 N–H and O–H groups in total. The second-order valence-electron chi connectivity index (χ2n) is 10.3. The van der Waals surface area contributed by atoms with Crippen LogP contribution in [0.25, 0.3) is 0 Å². The average molecular weight is 528 g/mol. The molecule has 0 saturated carbocycles. The van der Waals surface area contributed by atoms with E-state index in [1.54, 1.807) is 37.1 Å². The van der Waals surface area contributed by atoms with E-state index < -0.39 is 35.9 Å². The van der Waals surface area contributed by atoms with Gasteiger partial charge in [0.15, 0.2) is 0 Å². The zero-order chi connectivity index (χ0) is 27.2. The van der Waals surface area contributed by atoms with Crippen molar-refractivity contribution in [1.29, 1.82) is 0 Å². The van der Waals surface area contributed by atoms with Gasteiger partial charge in [-0.25, -0.2) is 0 Å². The smallest absolute Gasteiger partial charge is 0.318 e. The molecule has 1 aromatic carbocycles. The van der Waals surface area contributed by atoms with Gasteiger partial charge < -0.3 is 30.9 Å². The summed E-state index contributed by atoms with van der Waals surface area (Å²) in [7, 11) is 1.69. The van der Waals surface area contributed by atoms with Crippen molar-refractivity contribution in [1.82, 2.24) is 20.9 Å². The predicted octanol–water partition coefficient (Wildman–Crippen LogP) is 0.831. The van der Waals surface area contributed by atoms with Crippen molar-refractivity contribution in [3.05, 3.63) is 29.8 Å². The summed E-state index contributed by atoms with van der Waals surface area (Å²) in [5.41, 5.74) is 1.29. The highest BCUT2D eigenvalue weighted by Crippen LogP contribution is 2.31. The summed E-state index contributed by atoms with van der Waals surface area (Å²) >= 11 is 0. The van der Waals surface area contributed by atoms with Crippen LogP contribution in [0, 0.1) is 5.92 Å². The van der Waals surface area contributed by atoms with Crippen LogP contribution in [-0.4, -0.2) is 72.3 Å². The first-order valence-corrected chi connectivity index (χ1v) is 13.4. The van der Waals surface area contributed by atoms with Gasteiger partial charge >= 0.3 is 5.97 Å². The van der Waals surface area contributed by atoms with Crippen LogP contribution in [0.1, 0.15) is 57.4 Å². The van der Waals surface area contributed by atoms with Gasteiger partial charge in [0.2, 0.25) is 23.6 Å². The third kappa shape index (κ3) is 6.32. The Morgan fingerprint density at radius 1 is 1.05 bits per heavy atom. The maximum atomic E-state index is 13.5. The summed E-state index contributed by atoms with van der Waals surface area (Å²) in [4.78, 5) is 65.0. The van der Waals surface area contributed by atoms with Gasteiger partial charge in [0.05, 0.1) is 12.6 Å². The topological polar surface area (TPSA) is 146 Å². The van der Waals surface area contributed by atoms with E-state index in [0.29, 0.717) is 24.9 Å². The normalized spacial score (nSPS) is 26.0. The van der Waals surface area contributed by atoms with Crippen LogP contribution in [0.4, 0.5) is 5.69 Å². The molecule has 11 heteroatoms. The molecule has 5 atom stereocenters. The van der Waals surface area contributed by atoms with Gasteiger partial charge in [-0.3, -0.25) is 24.0 Å². The number of carbonyl (C=O) groups is 5. The Hall–Kier alpha value is -3.47. The van der Waals surface area contributed by atoms with Crippen LogP contribution in [0.2, 0.25) is 0 Å². The standard InChI is InChI=1S/C27H37N5O6/c1-16(28-2)23(33)31-21-9-4-3-8-19-10-11-22(32(19)26(21)36)25(35)29-15-17-6-5-7-18(14-17)30-24(34)20-12-13-38-27(20)37/h5-7,14,16,19-22,28H,3-4,8-13,15H2,1-2H3,(H,29,35)(H,30,34)(H,31,33)/t16?,19-,20?,21-,22-/m0/s1. The first kappa shape index (κ1) is 27.6. The lowest BCUT2D eigenvalue weighted by Crippen LogP contribution is -2.57. The molecule has 0 spiro atoms. The zero-order valence-electron chi connectivity index (χ0n) is 22.0. The van der Waals surface area contributed by atoms with Crippen LogP contribution in [0.3, 0.4) is 0 Å². The Morgan fingerprint density at radius 2 is 1.84 bits per heavy atom. The quantitative estimate of drug-likeness (QED) is 0.289. The highest BCUT2D eigenvalue weighted by molar-refractivity contribution is 6.05. The van der Waals surface area contributed by atoms with Crippen molar-refractivity contribution >= 4 is 35.3 Å². The largest absolute Gasteiger partial charge is 0.465 e. The fourth-order valence-electron chi connectivity index (χ4n) is 5.38. The average Bonchev–Trinajstić information content (AvgIpc) is 3.53. The number of ether oxygens (including phenoxy) is 1. The van der Waals surface area contributed by atoms with Gasteiger partial charge in [0.25, 0.3) is 0 Å². The number of likely N-dealkylation sites (N-methyl/N-ethyl adjacent to an activating group) is 1. The molecule has 0 radical (unpaired) electrons. The number of hydrogen-bond acceptors (Lipinski definition) is 7. The summed E-state index contributed by atoms with van der Waals surface area (Å²) in [6.07, 6.45) is 4.87. The van der Waals surface area contributed by atoms with E-state index in [1.807, 2.05) is 6.07 Å². The van der Waals surface area contributed by atoms with Crippen molar-refractivity contribution in [3.63, 3.8) is 0 Å². The number of anilines is 1. The highest BCUT2D eigenvalue weighted by Gasteiger charge is 2.44. The van der Waals surface area contributed by atoms with Crippen LogP contribution in [-0.2, 0) is 35.3 Å². The molecule has 4 amide bonds. The monoisotopic (exact) mass is 527 g/mol. The summed E-state index contributed by atoms with van der Waals surface area (Å²) < 4.78 is 4.86. The van der Waals surface area contributed by atoms with Crippen molar-refractivity contribution in [2.24, 2.45) is 5.92 Å². The molecule has 3 aliphatic rings. The van der Waals surface area contributed by atoms with E-state index in [1.165, 1.54) is 0 Å². The molecule has 3 fully saturated rings. The van der Waals surface area contributed by atoms with Gasteiger partial charge in [0.1, 0.15) is 18.0 Å². The number of hydrogen-bond donors (Lipinski definition) is 4. The van der Waals surface area contributed by atoms with Gasteiger partial charge in [0, 0.05) is 24.7 Å². The fourth-order valence-corrected chi connectivity index (χ4v) is 5.38. The van der Waals surface area contributed by atoms with Crippen LogP contribution < -0.4 is 21.3 Å². The molecule has 0 aliphatic carbocycles. The van der Waals surface area contributed by atoms with Crippen LogP contribution in [0.15, 0.2) is 24.3 Å². The van der Waals surface area contributed by atoms with E-state index in [2.05, 4.69) is 21.3 Å². The second kappa shape index (κ2) is 12.4. The highest BCUT2D eigenvalue weighted by atomic mass is 16.5. The molecule has 1 aromatic rings. The molecule has 2 unspecified atom stereocenters. The number of cyclic esters (lactones) is 1. The first-order valence-electron chi connectivity index (χ1n) is 13.4. The second-order valence-corrected chi connectivity index (χ2v) is 10.3. The summed E-state index contributed by atoms with van der Waals surface area (Å²) in [6, 6.07) is 5.37. The third-order valence-corrected chi connectivity index (χ3v) is 7.69. The van der Waals surface area contributed by atoms with Crippen LogP contribution >= 0.6 is 0 Å². The van der Waals surface area contributed by atoms with E-state index in [0.717, 1.165) is 31.2 Å². The van der Waals surface area contributed by atoms with Crippen molar-refractivity contribution < 1.29 is 28.7 Å². The first-order chi connectivity index (χ1) is 18.3. The summed E-state index contributed by atoms with van der Waals surface area (Å²) in [5, 5.41) is 11.4. The maximum Gasteiger partial charge on any atom is 0.318 e. The molecule has 3 heterocycles. The van der Waals surface area contributed by atoms with E-state index in [4.69, 9.17) is 4.74 Å². The molecular weight excluding hydrogens is 490 g/mol. The molecule has 3 saturated heterocycles. The molecule has 38 heavy (non-hydrogen) atoms. The number of carbonyl (C=O) groups excluding carboxylic acids is 5. The molecular formula is C27H37N5O6. The van der Waals surface area contributed by atoms with Crippen molar-refractivity contribution in [3.8, 4) is 0 Å². The van der Waals surface area contributed by atoms with Crippen molar-refractivity contribution in [2.45, 2.75) is 82.6 Å². The van der Waals surface area contributed by atoms with Crippen molar-refractivity contribution in [2.75, 3.05) is 19.0 Å². The Labute approximate surface area is 222 Å². The Morgan fingerprint density at radius 3 is 2.58 bits per heavy atom. The lowest BCUT2D eigenvalue weighted by atomic mass is 9.98. The van der Waals surface area contributed by atoms with Gasteiger partial charge in [-0.2, -0.15) is 0 Å². The Kier molecular flexibility index (Phi) is 8.98. The molecule has 0 bridgehead atoms. The lowest BCUT2D eigenvalue weighted by Gasteiger charge is -2.35. The number of benzene rings is 1. The number of amides is 4. The fraction of sp³-hybridized carbons (Fsp3) is 0.593. The predicted molar refractivity (Wildman–Crippen MR) is 139 cm³/mol. The molecule has 11 nitrogen and oxygen atoms in total. The molecule has 0 aromatic heterocycles. The minimum absolute atomic E-state index is 0.0134. The number of nitrogens with zero attached hydrogens (tertiary/aromatic N) is 1. The minimum Gasteiger partial charge on any atom is -0.465 e. The van der Waals surface area contributed by atoms with E-state index in [9.17, 15) is 24.0 Å². The number of nitrogens with one attached hydrogen (secondary N) is 4. The Bertz CT molecular complexity index is 1080. The maximum absolute atomic E-state index is 13.5. The van der Waals surface area contributed by atoms with Gasteiger partial charge in [-0.05, 0) is 57.4 Å². The Balaban J connectivity index is 1.38. The van der Waals surface area contributed by atoms with Crippen LogP contribution in [0.5, 0.6) is 0 Å². The third-order valence-electron chi connectivity index (χ3n) is 7.69. The number of esters is 1. The van der Waals surface area contributed by atoms with E-state index in [-0.39, 0.29) is 36.9 Å². The molecule has 3 aliphatic heterocycles.